The molecule has 1 aromatic rings. The van der Waals surface area contributed by atoms with Crippen LogP contribution in [0.4, 0.5) is 18.9 Å². The maximum Gasteiger partial charge on any atom is 0.416 e. The van der Waals surface area contributed by atoms with Crippen molar-refractivity contribution in [2.45, 2.75) is 38.3 Å². The highest BCUT2D eigenvalue weighted by atomic mass is 19.4. The van der Waals surface area contributed by atoms with Crippen LogP contribution < -0.4 is 5.32 Å². The monoisotopic (exact) mass is 355 g/mol. The van der Waals surface area contributed by atoms with E-state index in [2.05, 4.69) is 5.32 Å². The fourth-order valence-electron chi connectivity index (χ4n) is 3.99. The van der Waals surface area contributed by atoms with E-state index >= 15 is 0 Å². The molecule has 0 heterocycles. The SMILES string of the molecule is O=C(COC(=O)CC1CC2CCC1C2)Nc1ccc(C(F)(F)F)cc1. The van der Waals surface area contributed by atoms with E-state index in [0.717, 1.165) is 36.6 Å². The van der Waals surface area contributed by atoms with Gasteiger partial charge in [-0.05, 0) is 61.3 Å². The van der Waals surface area contributed by atoms with Gasteiger partial charge in [-0.2, -0.15) is 13.2 Å². The number of fused-ring (bicyclic) bond motifs is 2. The molecule has 0 radical (unpaired) electrons. The van der Waals surface area contributed by atoms with Gasteiger partial charge in [-0.1, -0.05) is 6.42 Å². The third kappa shape index (κ3) is 4.52. The number of benzene rings is 1. The number of halogens is 3. The second-order valence-corrected chi connectivity index (χ2v) is 6.92. The van der Waals surface area contributed by atoms with E-state index in [9.17, 15) is 22.8 Å². The molecular formula is C18H20F3NO3. The van der Waals surface area contributed by atoms with E-state index in [1.54, 1.807) is 0 Å². The van der Waals surface area contributed by atoms with E-state index in [1.807, 2.05) is 0 Å². The number of nitrogens with one attached hydrogen (secondary N) is 1. The zero-order chi connectivity index (χ0) is 18.0. The minimum atomic E-state index is -4.42. The van der Waals surface area contributed by atoms with Crippen LogP contribution in [0.1, 0.15) is 37.7 Å². The second-order valence-electron chi connectivity index (χ2n) is 6.92. The summed E-state index contributed by atoms with van der Waals surface area (Å²) in [6.45, 7) is -0.430. The van der Waals surface area contributed by atoms with Gasteiger partial charge in [0.25, 0.3) is 5.91 Å². The molecular weight excluding hydrogens is 335 g/mol. The van der Waals surface area contributed by atoms with Gasteiger partial charge in [-0.15, -0.1) is 0 Å². The Balaban J connectivity index is 1.41. The highest BCUT2D eigenvalue weighted by Gasteiger charge is 2.40. The molecule has 0 saturated heterocycles. The normalized spacial score (nSPS) is 25.0. The van der Waals surface area contributed by atoms with Crippen LogP contribution in [-0.2, 0) is 20.5 Å². The molecule has 1 aromatic carbocycles. The Morgan fingerprint density at radius 1 is 1.12 bits per heavy atom. The van der Waals surface area contributed by atoms with Crippen molar-refractivity contribution in [1.82, 2.24) is 0 Å². The van der Waals surface area contributed by atoms with E-state index in [1.165, 1.54) is 19.3 Å². The Hall–Kier alpha value is -2.05. The van der Waals surface area contributed by atoms with Crippen molar-refractivity contribution in [2.24, 2.45) is 17.8 Å². The molecule has 3 rings (SSSR count). The first-order chi connectivity index (χ1) is 11.8. The van der Waals surface area contributed by atoms with Crippen LogP contribution in [0.2, 0.25) is 0 Å². The van der Waals surface area contributed by atoms with Crippen molar-refractivity contribution in [3.05, 3.63) is 29.8 Å². The van der Waals surface area contributed by atoms with Gasteiger partial charge in [-0.3, -0.25) is 9.59 Å². The maximum atomic E-state index is 12.5. The summed E-state index contributed by atoms with van der Waals surface area (Å²) in [6, 6.07) is 4.10. The summed E-state index contributed by atoms with van der Waals surface area (Å²) in [7, 11) is 0. The average Bonchev–Trinajstić information content (AvgIpc) is 3.15. The molecule has 0 spiro atoms. The van der Waals surface area contributed by atoms with Crippen LogP contribution in [0.25, 0.3) is 0 Å². The minimum absolute atomic E-state index is 0.224. The summed E-state index contributed by atoms with van der Waals surface area (Å²) in [5, 5.41) is 2.41. The molecule has 1 amide bonds. The first kappa shape index (κ1) is 17.8. The highest BCUT2D eigenvalue weighted by molar-refractivity contribution is 5.92. The number of rotatable bonds is 5. The Kier molecular flexibility index (Phi) is 5.01. The predicted octanol–water partition coefficient (Wildman–Crippen LogP) is 4.01. The van der Waals surface area contributed by atoms with E-state index in [4.69, 9.17) is 4.74 Å². The third-order valence-electron chi connectivity index (χ3n) is 5.17. The maximum absolute atomic E-state index is 12.5. The lowest BCUT2D eigenvalue weighted by Crippen LogP contribution is -2.23. The number of carbonyl (C=O) groups excluding carboxylic acids is 2. The first-order valence-corrected chi connectivity index (χ1v) is 8.44. The number of alkyl halides is 3. The van der Waals surface area contributed by atoms with Crippen molar-refractivity contribution in [1.29, 1.82) is 0 Å². The molecule has 3 atom stereocenters. The number of anilines is 1. The zero-order valence-corrected chi connectivity index (χ0v) is 13.6. The molecule has 0 aromatic heterocycles. The topological polar surface area (TPSA) is 55.4 Å². The van der Waals surface area contributed by atoms with Gasteiger partial charge in [0.05, 0.1) is 5.56 Å². The predicted molar refractivity (Wildman–Crippen MR) is 84.6 cm³/mol. The van der Waals surface area contributed by atoms with E-state index in [-0.39, 0.29) is 11.7 Å². The quantitative estimate of drug-likeness (QED) is 0.812. The van der Waals surface area contributed by atoms with Gasteiger partial charge in [-0.25, -0.2) is 0 Å². The molecule has 2 aliphatic carbocycles. The first-order valence-electron chi connectivity index (χ1n) is 8.44. The molecule has 136 valence electrons. The van der Waals surface area contributed by atoms with Gasteiger partial charge >= 0.3 is 12.1 Å². The average molecular weight is 355 g/mol. The standard InChI is InChI=1S/C18H20F3NO3/c19-18(20,21)14-3-5-15(6-4-14)22-16(23)10-25-17(24)9-13-8-11-1-2-12(13)7-11/h3-6,11-13H,1-2,7-10H2,(H,22,23). The van der Waals surface area contributed by atoms with Gasteiger partial charge in [0, 0.05) is 12.1 Å². The lowest BCUT2D eigenvalue weighted by atomic mass is 9.86. The highest BCUT2D eigenvalue weighted by Crippen LogP contribution is 2.49. The van der Waals surface area contributed by atoms with Crippen molar-refractivity contribution in [3.8, 4) is 0 Å². The summed E-state index contributed by atoms with van der Waals surface area (Å²) < 4.78 is 42.4. The molecule has 4 nitrogen and oxygen atoms in total. The molecule has 2 bridgehead atoms. The second kappa shape index (κ2) is 7.06. The van der Waals surface area contributed by atoms with Crippen molar-refractivity contribution < 1.29 is 27.5 Å². The number of amides is 1. The van der Waals surface area contributed by atoms with Gasteiger partial charge < -0.3 is 10.1 Å². The minimum Gasteiger partial charge on any atom is -0.456 e. The van der Waals surface area contributed by atoms with Crippen LogP contribution in [0.15, 0.2) is 24.3 Å². The fraction of sp³-hybridized carbons (Fsp3) is 0.556. The summed E-state index contributed by atoms with van der Waals surface area (Å²) >= 11 is 0. The Morgan fingerprint density at radius 2 is 1.84 bits per heavy atom. The van der Waals surface area contributed by atoms with Gasteiger partial charge in [0.15, 0.2) is 6.61 Å². The van der Waals surface area contributed by atoms with Gasteiger partial charge in [0.1, 0.15) is 0 Å². The molecule has 0 aliphatic heterocycles. The summed E-state index contributed by atoms with van der Waals surface area (Å²) in [5.74, 6) is 0.759. The smallest absolute Gasteiger partial charge is 0.416 e. The summed E-state index contributed by atoms with van der Waals surface area (Å²) in [6.07, 6.45) is 0.624. The third-order valence-corrected chi connectivity index (χ3v) is 5.17. The molecule has 25 heavy (non-hydrogen) atoms. The van der Waals surface area contributed by atoms with Crippen LogP contribution in [0.3, 0.4) is 0 Å². The van der Waals surface area contributed by atoms with Crippen LogP contribution in [0, 0.1) is 17.8 Å². The number of hydrogen-bond acceptors (Lipinski definition) is 3. The molecule has 2 fully saturated rings. The number of carbonyl (C=O) groups is 2. The van der Waals surface area contributed by atoms with Crippen LogP contribution in [-0.4, -0.2) is 18.5 Å². The molecule has 2 aliphatic rings. The number of esters is 1. The molecule has 2 saturated carbocycles. The Labute approximate surface area is 143 Å². The van der Waals surface area contributed by atoms with Crippen LogP contribution >= 0.6 is 0 Å². The fourth-order valence-corrected chi connectivity index (χ4v) is 3.99. The van der Waals surface area contributed by atoms with Crippen molar-refractivity contribution in [2.75, 3.05) is 11.9 Å². The molecule has 1 N–H and O–H groups in total. The van der Waals surface area contributed by atoms with Crippen molar-refractivity contribution in [3.63, 3.8) is 0 Å². The van der Waals surface area contributed by atoms with Gasteiger partial charge in [0.2, 0.25) is 0 Å². The Morgan fingerprint density at radius 3 is 2.40 bits per heavy atom. The molecule has 7 heteroatoms. The van der Waals surface area contributed by atoms with E-state index in [0.29, 0.717) is 18.3 Å². The zero-order valence-electron chi connectivity index (χ0n) is 13.6. The lowest BCUT2D eigenvalue weighted by Gasteiger charge is -2.20. The number of hydrogen-bond donors (Lipinski definition) is 1. The van der Waals surface area contributed by atoms with Crippen molar-refractivity contribution >= 4 is 17.6 Å². The van der Waals surface area contributed by atoms with Crippen LogP contribution in [0.5, 0.6) is 0 Å². The largest absolute Gasteiger partial charge is 0.456 e. The summed E-state index contributed by atoms with van der Waals surface area (Å²) in [4.78, 5) is 23.6. The lowest BCUT2D eigenvalue weighted by molar-refractivity contribution is -0.148. The summed E-state index contributed by atoms with van der Waals surface area (Å²) in [5.41, 5.74) is -0.565. The Bertz CT molecular complexity index is 642. The van der Waals surface area contributed by atoms with E-state index < -0.39 is 24.3 Å². The molecule has 3 unspecified atom stereocenters. The number of ether oxygens (including phenoxy) is 1.